The molecule has 3 unspecified atom stereocenters. The lowest BCUT2D eigenvalue weighted by Gasteiger charge is -2.48. The average molecular weight is 295 g/mol. The van der Waals surface area contributed by atoms with Crippen LogP contribution in [0.1, 0.15) is 79.6 Å². The van der Waals surface area contributed by atoms with Crippen LogP contribution in [0.15, 0.2) is 0 Å². The summed E-state index contributed by atoms with van der Waals surface area (Å²) in [6.07, 6.45) is 10.1. The van der Waals surface area contributed by atoms with Crippen LogP contribution in [0, 0.1) is 11.3 Å². The molecule has 2 aliphatic rings. The SMILES string of the molecule is CCC(C)(CNC(C)(C)C)CN1CCCC2CCCCC21. The van der Waals surface area contributed by atoms with Gasteiger partial charge in [0.1, 0.15) is 0 Å². The highest BCUT2D eigenvalue weighted by Gasteiger charge is 2.36. The molecule has 2 nitrogen and oxygen atoms in total. The molecule has 0 radical (unpaired) electrons. The number of fused-ring (bicyclic) bond motifs is 1. The summed E-state index contributed by atoms with van der Waals surface area (Å²) in [6.45, 7) is 15.5. The highest BCUT2D eigenvalue weighted by molar-refractivity contribution is 4.91. The molecule has 21 heavy (non-hydrogen) atoms. The van der Waals surface area contributed by atoms with Crippen molar-refractivity contribution in [2.45, 2.75) is 91.1 Å². The van der Waals surface area contributed by atoms with Gasteiger partial charge in [0.15, 0.2) is 0 Å². The van der Waals surface area contributed by atoms with Crippen molar-refractivity contribution in [2.75, 3.05) is 19.6 Å². The van der Waals surface area contributed by atoms with Gasteiger partial charge >= 0.3 is 0 Å². The third-order valence-electron chi connectivity index (χ3n) is 5.84. The smallest absolute Gasteiger partial charge is 0.0124 e. The van der Waals surface area contributed by atoms with Gasteiger partial charge in [0, 0.05) is 24.7 Å². The monoisotopic (exact) mass is 294 g/mol. The first-order valence-corrected chi connectivity index (χ1v) is 9.32. The van der Waals surface area contributed by atoms with Crippen molar-refractivity contribution in [2.24, 2.45) is 11.3 Å². The molecular weight excluding hydrogens is 256 g/mol. The number of rotatable bonds is 5. The molecule has 0 aromatic heterocycles. The molecule has 1 aliphatic heterocycles. The fourth-order valence-corrected chi connectivity index (χ4v) is 4.19. The predicted octanol–water partition coefficient (Wildman–Crippen LogP) is 4.45. The molecule has 1 saturated carbocycles. The van der Waals surface area contributed by atoms with E-state index in [-0.39, 0.29) is 5.54 Å². The summed E-state index contributed by atoms with van der Waals surface area (Å²) in [6, 6.07) is 0.896. The third-order valence-corrected chi connectivity index (χ3v) is 5.84. The molecule has 3 atom stereocenters. The summed E-state index contributed by atoms with van der Waals surface area (Å²) in [5.41, 5.74) is 0.637. The normalized spacial score (nSPS) is 30.7. The summed E-state index contributed by atoms with van der Waals surface area (Å²) in [7, 11) is 0. The predicted molar refractivity (Wildman–Crippen MR) is 92.7 cm³/mol. The van der Waals surface area contributed by atoms with Gasteiger partial charge in [-0.1, -0.05) is 26.7 Å². The molecule has 0 aromatic rings. The van der Waals surface area contributed by atoms with Crippen LogP contribution >= 0.6 is 0 Å². The molecular formula is C19H38N2. The zero-order chi connectivity index (χ0) is 15.5. The van der Waals surface area contributed by atoms with E-state index in [0.29, 0.717) is 5.41 Å². The largest absolute Gasteiger partial charge is 0.311 e. The quantitative estimate of drug-likeness (QED) is 0.806. The molecule has 2 fully saturated rings. The van der Waals surface area contributed by atoms with Crippen molar-refractivity contribution in [3.05, 3.63) is 0 Å². The minimum Gasteiger partial charge on any atom is -0.311 e. The standard InChI is InChI=1S/C19H38N2/c1-6-19(5,14-20-18(2,3)4)15-21-13-9-11-16-10-7-8-12-17(16)21/h16-17,20H,6-15H2,1-5H3. The molecule has 124 valence electrons. The fourth-order valence-electron chi connectivity index (χ4n) is 4.19. The van der Waals surface area contributed by atoms with Crippen molar-refractivity contribution in [3.63, 3.8) is 0 Å². The van der Waals surface area contributed by atoms with Gasteiger partial charge in [0.25, 0.3) is 0 Å². The van der Waals surface area contributed by atoms with Crippen molar-refractivity contribution in [1.82, 2.24) is 10.2 Å². The van der Waals surface area contributed by atoms with Gasteiger partial charge in [-0.25, -0.2) is 0 Å². The number of likely N-dealkylation sites (tertiary alicyclic amines) is 1. The molecule has 1 heterocycles. The first-order valence-electron chi connectivity index (χ1n) is 9.32. The Morgan fingerprint density at radius 2 is 1.67 bits per heavy atom. The van der Waals surface area contributed by atoms with E-state index in [0.717, 1.165) is 18.5 Å². The van der Waals surface area contributed by atoms with Crippen LogP contribution in [0.2, 0.25) is 0 Å². The maximum Gasteiger partial charge on any atom is 0.0124 e. The molecule has 0 amide bonds. The topological polar surface area (TPSA) is 15.3 Å². The van der Waals surface area contributed by atoms with Crippen LogP contribution in [0.5, 0.6) is 0 Å². The molecule has 1 N–H and O–H groups in total. The number of nitrogens with one attached hydrogen (secondary N) is 1. The van der Waals surface area contributed by atoms with Crippen LogP contribution in [0.4, 0.5) is 0 Å². The van der Waals surface area contributed by atoms with Gasteiger partial charge in [-0.05, 0) is 70.8 Å². The molecule has 0 aromatic carbocycles. The number of hydrogen-bond donors (Lipinski definition) is 1. The first kappa shape index (κ1) is 17.3. The van der Waals surface area contributed by atoms with Crippen molar-refractivity contribution in [3.8, 4) is 0 Å². The number of piperidine rings is 1. The van der Waals surface area contributed by atoms with Crippen molar-refractivity contribution < 1.29 is 0 Å². The fraction of sp³-hybridized carbons (Fsp3) is 1.00. The van der Waals surface area contributed by atoms with Crippen LogP contribution in [-0.2, 0) is 0 Å². The summed E-state index contributed by atoms with van der Waals surface area (Å²) < 4.78 is 0. The number of hydrogen-bond acceptors (Lipinski definition) is 2. The Kier molecular flexibility index (Phi) is 5.76. The summed E-state index contributed by atoms with van der Waals surface area (Å²) in [4.78, 5) is 2.86. The van der Waals surface area contributed by atoms with Crippen molar-refractivity contribution in [1.29, 1.82) is 0 Å². The van der Waals surface area contributed by atoms with Gasteiger partial charge in [-0.2, -0.15) is 0 Å². The zero-order valence-corrected chi connectivity index (χ0v) is 15.2. The maximum absolute atomic E-state index is 3.75. The van der Waals surface area contributed by atoms with Crippen LogP contribution < -0.4 is 5.32 Å². The second kappa shape index (κ2) is 7.00. The minimum atomic E-state index is 0.228. The lowest BCUT2D eigenvalue weighted by molar-refractivity contribution is 0.0250. The average Bonchev–Trinajstić information content (AvgIpc) is 2.45. The van der Waals surface area contributed by atoms with E-state index >= 15 is 0 Å². The Bertz CT molecular complexity index is 318. The number of nitrogens with zero attached hydrogens (tertiary/aromatic N) is 1. The Morgan fingerprint density at radius 3 is 2.33 bits per heavy atom. The van der Waals surface area contributed by atoms with E-state index in [1.807, 2.05) is 0 Å². The zero-order valence-electron chi connectivity index (χ0n) is 15.2. The van der Waals surface area contributed by atoms with Crippen LogP contribution in [0.3, 0.4) is 0 Å². The van der Waals surface area contributed by atoms with Crippen LogP contribution in [0.25, 0.3) is 0 Å². The summed E-state index contributed by atoms with van der Waals surface area (Å²) in [5, 5.41) is 3.75. The minimum absolute atomic E-state index is 0.228. The molecule has 0 bridgehead atoms. The summed E-state index contributed by atoms with van der Waals surface area (Å²) in [5.74, 6) is 1.00. The van der Waals surface area contributed by atoms with Gasteiger partial charge in [-0.3, -0.25) is 4.90 Å². The van der Waals surface area contributed by atoms with Crippen molar-refractivity contribution >= 4 is 0 Å². The Hall–Kier alpha value is -0.0800. The lowest BCUT2D eigenvalue weighted by Crippen LogP contribution is -2.53. The van der Waals surface area contributed by atoms with Gasteiger partial charge in [-0.15, -0.1) is 0 Å². The second-order valence-electron chi connectivity index (χ2n) is 8.99. The van der Waals surface area contributed by atoms with E-state index in [4.69, 9.17) is 0 Å². The molecule has 1 aliphatic carbocycles. The van der Waals surface area contributed by atoms with Gasteiger partial charge in [0.05, 0.1) is 0 Å². The Balaban J connectivity index is 1.95. The molecule has 0 spiro atoms. The lowest BCUT2D eigenvalue weighted by atomic mass is 9.76. The molecule has 2 rings (SSSR count). The highest BCUT2D eigenvalue weighted by Crippen LogP contribution is 2.37. The van der Waals surface area contributed by atoms with E-state index in [1.54, 1.807) is 0 Å². The van der Waals surface area contributed by atoms with E-state index < -0.39 is 0 Å². The maximum atomic E-state index is 3.75. The highest BCUT2D eigenvalue weighted by atomic mass is 15.2. The Labute approximate surface area is 133 Å². The van der Waals surface area contributed by atoms with E-state index in [2.05, 4.69) is 44.8 Å². The third kappa shape index (κ3) is 4.96. The van der Waals surface area contributed by atoms with E-state index in [9.17, 15) is 0 Å². The molecule has 2 heteroatoms. The van der Waals surface area contributed by atoms with Crippen LogP contribution in [-0.4, -0.2) is 36.1 Å². The van der Waals surface area contributed by atoms with Gasteiger partial charge < -0.3 is 5.32 Å². The van der Waals surface area contributed by atoms with Gasteiger partial charge in [0.2, 0.25) is 0 Å². The second-order valence-corrected chi connectivity index (χ2v) is 8.99. The van der Waals surface area contributed by atoms with E-state index in [1.165, 1.54) is 58.0 Å². The first-order chi connectivity index (χ1) is 9.83. The summed E-state index contributed by atoms with van der Waals surface area (Å²) >= 11 is 0. The Morgan fingerprint density at radius 1 is 1.00 bits per heavy atom. The molecule has 1 saturated heterocycles.